The summed E-state index contributed by atoms with van der Waals surface area (Å²) in [5.41, 5.74) is 0.289. The highest BCUT2D eigenvalue weighted by Gasteiger charge is 2.20. The maximum absolute atomic E-state index is 9.46. The second-order valence-electron chi connectivity index (χ2n) is 4.76. The normalized spacial score (nSPS) is 9.25. The molecule has 0 unspecified atom stereocenters. The van der Waals surface area contributed by atoms with Crippen molar-refractivity contribution in [3.63, 3.8) is 0 Å². The van der Waals surface area contributed by atoms with Gasteiger partial charge in [0.15, 0.2) is 23.0 Å². The van der Waals surface area contributed by atoms with Gasteiger partial charge in [0.25, 0.3) is 0 Å². The Labute approximate surface area is 143 Å². The van der Waals surface area contributed by atoms with Crippen LogP contribution in [-0.2, 0) is 0 Å². The van der Waals surface area contributed by atoms with Crippen molar-refractivity contribution in [2.75, 3.05) is 36.0 Å². The van der Waals surface area contributed by atoms with E-state index in [9.17, 15) is 10.5 Å². The van der Waals surface area contributed by atoms with Gasteiger partial charge in [-0.15, -0.1) is 26.3 Å². The lowest BCUT2D eigenvalue weighted by Gasteiger charge is -2.25. The fraction of sp³-hybridized carbons (Fsp3) is 0.222. The molecule has 0 saturated heterocycles. The first kappa shape index (κ1) is 18.7. The molecule has 0 aliphatic carbocycles. The lowest BCUT2D eigenvalue weighted by atomic mass is 10.3. The van der Waals surface area contributed by atoms with Gasteiger partial charge in [-0.3, -0.25) is 0 Å². The van der Waals surface area contributed by atoms with Gasteiger partial charge in [-0.05, 0) is 0 Å². The Morgan fingerprint density at radius 1 is 0.708 bits per heavy atom. The number of hydrogen-bond donors (Lipinski definition) is 0. The Kier molecular flexibility index (Phi) is 7.47. The second kappa shape index (κ2) is 9.60. The third-order valence-corrected chi connectivity index (χ3v) is 3.07. The minimum absolute atomic E-state index is 0.144. The van der Waals surface area contributed by atoms with E-state index >= 15 is 0 Å². The summed E-state index contributed by atoms with van der Waals surface area (Å²) < 4.78 is 0. The van der Waals surface area contributed by atoms with E-state index in [2.05, 4.69) is 48.4 Å². The Morgan fingerprint density at radius 2 is 1.00 bits per heavy atom. The lowest BCUT2D eigenvalue weighted by Crippen LogP contribution is -2.29. The summed E-state index contributed by atoms with van der Waals surface area (Å²) in [6.45, 7) is 16.6. The maximum Gasteiger partial charge on any atom is 0.185 e. The average Bonchev–Trinajstić information content (AvgIpc) is 2.60. The van der Waals surface area contributed by atoms with Gasteiger partial charge in [-0.1, -0.05) is 24.3 Å². The van der Waals surface area contributed by atoms with E-state index in [0.29, 0.717) is 37.8 Å². The Bertz CT molecular complexity index is 626. The van der Waals surface area contributed by atoms with E-state index in [-0.39, 0.29) is 11.4 Å². The van der Waals surface area contributed by atoms with Crippen molar-refractivity contribution in [1.29, 1.82) is 10.5 Å². The molecule has 0 amide bonds. The highest BCUT2D eigenvalue weighted by atomic mass is 15.2. The van der Waals surface area contributed by atoms with Crippen LogP contribution in [0.5, 0.6) is 0 Å². The quantitative estimate of drug-likeness (QED) is 0.616. The predicted molar refractivity (Wildman–Crippen MR) is 96.7 cm³/mol. The van der Waals surface area contributed by atoms with Gasteiger partial charge in [0.05, 0.1) is 0 Å². The number of rotatable bonds is 10. The summed E-state index contributed by atoms with van der Waals surface area (Å²) in [5, 5.41) is 18.9. The number of nitriles is 2. The van der Waals surface area contributed by atoms with Crippen LogP contribution in [0.4, 0.5) is 11.6 Å². The van der Waals surface area contributed by atoms with Gasteiger partial charge >= 0.3 is 0 Å². The molecule has 0 aliphatic rings. The average molecular weight is 320 g/mol. The maximum atomic E-state index is 9.46. The van der Waals surface area contributed by atoms with Crippen LogP contribution in [0, 0.1) is 22.7 Å². The smallest absolute Gasteiger partial charge is 0.185 e. The van der Waals surface area contributed by atoms with E-state index in [0.717, 1.165) is 0 Å². The van der Waals surface area contributed by atoms with Crippen molar-refractivity contribution in [3.8, 4) is 12.1 Å². The molecule has 0 radical (unpaired) electrons. The summed E-state index contributed by atoms with van der Waals surface area (Å²) in [5.74, 6) is 0.685. The van der Waals surface area contributed by atoms with Crippen LogP contribution in [-0.4, -0.2) is 36.1 Å². The molecule has 1 aromatic rings. The molecule has 0 saturated carbocycles. The van der Waals surface area contributed by atoms with E-state index in [1.807, 2.05) is 0 Å². The van der Waals surface area contributed by atoms with Crippen molar-refractivity contribution < 1.29 is 0 Å². The molecule has 1 heterocycles. The van der Waals surface area contributed by atoms with E-state index in [1.165, 1.54) is 0 Å². The monoisotopic (exact) mass is 320 g/mol. The van der Waals surface area contributed by atoms with Gasteiger partial charge in [0.1, 0.15) is 12.1 Å². The van der Waals surface area contributed by atoms with Crippen LogP contribution in [0.2, 0.25) is 0 Å². The molecule has 0 spiro atoms. The van der Waals surface area contributed by atoms with Crippen molar-refractivity contribution in [2.45, 2.75) is 0 Å². The molecular weight excluding hydrogens is 300 g/mol. The van der Waals surface area contributed by atoms with Crippen LogP contribution in [0.15, 0.2) is 50.6 Å². The standard InChI is InChI=1S/C18H20N6/c1-5-9-23(10-6-2)17-15(13-19)22-18(16(14-20)21-17)24(11-7-3)12-8-4/h5-8H,1-4,9-12H2. The van der Waals surface area contributed by atoms with Crippen LogP contribution in [0.1, 0.15) is 11.4 Å². The molecule has 6 heteroatoms. The van der Waals surface area contributed by atoms with Crippen LogP contribution < -0.4 is 9.80 Å². The lowest BCUT2D eigenvalue weighted by molar-refractivity contribution is 0.874. The van der Waals surface area contributed by atoms with Gasteiger partial charge in [-0.2, -0.15) is 10.5 Å². The Morgan fingerprint density at radius 3 is 1.21 bits per heavy atom. The molecule has 24 heavy (non-hydrogen) atoms. The van der Waals surface area contributed by atoms with E-state index < -0.39 is 0 Å². The highest BCUT2D eigenvalue weighted by molar-refractivity contribution is 5.61. The van der Waals surface area contributed by atoms with E-state index in [1.54, 1.807) is 34.1 Å². The molecule has 6 nitrogen and oxygen atoms in total. The van der Waals surface area contributed by atoms with Gasteiger partial charge in [-0.25, -0.2) is 9.97 Å². The summed E-state index contributed by atoms with van der Waals surface area (Å²) in [7, 11) is 0. The molecule has 0 aromatic carbocycles. The van der Waals surface area contributed by atoms with Gasteiger partial charge < -0.3 is 9.80 Å². The molecule has 0 atom stereocenters. The Hall–Kier alpha value is -3.38. The fourth-order valence-electron chi connectivity index (χ4n) is 2.13. The summed E-state index contributed by atoms with van der Waals surface area (Å²) in [6.07, 6.45) is 6.75. The zero-order chi connectivity index (χ0) is 17.9. The minimum atomic E-state index is 0.144. The molecular formula is C18H20N6. The summed E-state index contributed by atoms with van der Waals surface area (Å²) in [4.78, 5) is 12.3. The van der Waals surface area contributed by atoms with E-state index in [4.69, 9.17) is 0 Å². The molecule has 1 aromatic heterocycles. The summed E-state index contributed by atoms with van der Waals surface area (Å²) >= 11 is 0. The molecule has 0 aliphatic heterocycles. The SMILES string of the molecule is C=CCN(CC=C)c1nc(C#N)c(N(CC=C)CC=C)nc1C#N. The largest absolute Gasteiger partial charge is 0.347 e. The topological polar surface area (TPSA) is 79.8 Å². The Balaban J connectivity index is 3.51. The van der Waals surface area contributed by atoms with Crippen molar-refractivity contribution in [1.82, 2.24) is 9.97 Å². The van der Waals surface area contributed by atoms with Crippen molar-refractivity contribution in [3.05, 3.63) is 62.0 Å². The van der Waals surface area contributed by atoms with Crippen molar-refractivity contribution in [2.24, 2.45) is 0 Å². The zero-order valence-corrected chi connectivity index (χ0v) is 13.6. The summed E-state index contributed by atoms with van der Waals surface area (Å²) in [6, 6.07) is 4.10. The molecule has 0 N–H and O–H groups in total. The number of anilines is 2. The molecule has 122 valence electrons. The first-order valence-electron chi connectivity index (χ1n) is 7.32. The second-order valence-corrected chi connectivity index (χ2v) is 4.76. The van der Waals surface area contributed by atoms with Crippen LogP contribution in [0.25, 0.3) is 0 Å². The minimum Gasteiger partial charge on any atom is -0.347 e. The van der Waals surface area contributed by atoms with Crippen molar-refractivity contribution >= 4 is 11.6 Å². The molecule has 1 rings (SSSR count). The van der Waals surface area contributed by atoms with Gasteiger partial charge in [0, 0.05) is 26.2 Å². The third-order valence-electron chi connectivity index (χ3n) is 3.07. The van der Waals surface area contributed by atoms with Crippen LogP contribution >= 0.6 is 0 Å². The first-order chi connectivity index (χ1) is 11.7. The fourth-order valence-corrected chi connectivity index (χ4v) is 2.13. The first-order valence-corrected chi connectivity index (χ1v) is 7.32. The molecule has 0 bridgehead atoms. The van der Waals surface area contributed by atoms with Gasteiger partial charge in [0.2, 0.25) is 0 Å². The third kappa shape index (κ3) is 4.31. The number of nitrogens with zero attached hydrogens (tertiary/aromatic N) is 6. The number of aromatic nitrogens is 2. The van der Waals surface area contributed by atoms with Crippen LogP contribution in [0.3, 0.4) is 0 Å². The predicted octanol–water partition coefficient (Wildman–Crippen LogP) is 2.58. The molecule has 0 fully saturated rings. The highest BCUT2D eigenvalue weighted by Crippen LogP contribution is 2.23. The zero-order valence-electron chi connectivity index (χ0n) is 13.6. The number of hydrogen-bond acceptors (Lipinski definition) is 6.